The highest BCUT2D eigenvalue weighted by atomic mass is 15.1. The molecule has 9 aromatic carbocycles. The summed E-state index contributed by atoms with van der Waals surface area (Å²) in [5.41, 5.74) is 21.1. The highest BCUT2D eigenvalue weighted by molar-refractivity contribution is 5.83. The molecule has 3 heteroatoms. The van der Waals surface area contributed by atoms with Crippen molar-refractivity contribution in [2.24, 2.45) is 0 Å². The molecule has 0 aliphatic rings. The van der Waals surface area contributed by atoms with Crippen molar-refractivity contribution in [3.63, 3.8) is 0 Å². The maximum Gasteiger partial charge on any atom is 0.0464 e. The first kappa shape index (κ1) is 39.8. The van der Waals surface area contributed by atoms with E-state index in [0.717, 1.165) is 39.8 Å². The van der Waals surface area contributed by atoms with E-state index in [1.54, 1.807) is 0 Å². The minimum atomic E-state index is 1.10. The smallest absolute Gasteiger partial charge is 0.0464 e. The van der Waals surface area contributed by atoms with Gasteiger partial charge in [0.05, 0.1) is 0 Å². The van der Waals surface area contributed by atoms with E-state index in [4.69, 9.17) is 0 Å². The van der Waals surface area contributed by atoms with Crippen LogP contribution in [0.2, 0.25) is 0 Å². The molecule has 0 aliphatic heterocycles. The summed E-state index contributed by atoms with van der Waals surface area (Å²) in [6, 6.07) is 79.3. The van der Waals surface area contributed by atoms with Gasteiger partial charge in [-0.15, -0.1) is 0 Å². The molecule has 3 nitrogen and oxygen atoms in total. The number of rotatable bonds is 11. The molecule has 0 spiro atoms. The summed E-state index contributed by atoms with van der Waals surface area (Å²) in [5.74, 6) is 0. The van der Waals surface area contributed by atoms with Gasteiger partial charge in [0.2, 0.25) is 0 Å². The Bertz CT molecular complexity index is 2910. The minimum absolute atomic E-state index is 1.10. The molecule has 0 heterocycles. The van der Waals surface area contributed by atoms with E-state index >= 15 is 0 Å². The maximum atomic E-state index is 2.34. The summed E-state index contributed by atoms with van der Waals surface area (Å²) < 4.78 is 0. The number of benzene rings is 9. The zero-order valence-electron chi connectivity index (χ0n) is 36.1. The number of hydrogen-bond acceptors (Lipinski definition) is 3. The monoisotopic (exact) mass is 801 g/mol. The molecule has 0 radical (unpaired) electrons. The average molecular weight is 802 g/mol. The fourth-order valence-electron chi connectivity index (χ4n) is 8.25. The van der Waals surface area contributed by atoms with Crippen LogP contribution in [0, 0.1) is 27.7 Å². The fraction of sp³-hybridized carbons (Fsp3) is 0.0847. The van der Waals surface area contributed by atoms with Crippen molar-refractivity contribution in [2.75, 3.05) is 21.7 Å². The van der Waals surface area contributed by atoms with Crippen LogP contribution < -0.4 is 14.7 Å². The molecule has 9 rings (SSSR count). The molecule has 0 unspecified atom stereocenters. The summed E-state index contributed by atoms with van der Waals surface area (Å²) in [6.45, 7) is 8.56. The van der Waals surface area contributed by atoms with Crippen LogP contribution in [0.1, 0.15) is 22.3 Å². The predicted octanol–water partition coefficient (Wildman–Crippen LogP) is 16.6. The van der Waals surface area contributed by atoms with E-state index in [1.807, 2.05) is 0 Å². The summed E-state index contributed by atoms with van der Waals surface area (Å²) in [6.07, 6.45) is 0. The highest BCUT2D eigenvalue weighted by Crippen LogP contribution is 2.40. The lowest BCUT2D eigenvalue weighted by molar-refractivity contribution is 1.20. The highest BCUT2D eigenvalue weighted by Gasteiger charge is 2.16. The first-order valence-corrected chi connectivity index (χ1v) is 21.4. The number of aryl methyl sites for hydroxylation is 4. The van der Waals surface area contributed by atoms with Crippen LogP contribution in [-0.4, -0.2) is 7.05 Å². The molecule has 62 heavy (non-hydrogen) atoms. The zero-order valence-corrected chi connectivity index (χ0v) is 36.1. The van der Waals surface area contributed by atoms with Crippen LogP contribution in [0.3, 0.4) is 0 Å². The van der Waals surface area contributed by atoms with E-state index in [1.165, 1.54) is 61.3 Å². The van der Waals surface area contributed by atoms with Gasteiger partial charge in [0.25, 0.3) is 0 Å². The van der Waals surface area contributed by atoms with E-state index in [9.17, 15) is 0 Å². The molecule has 0 fully saturated rings. The van der Waals surface area contributed by atoms with Crippen molar-refractivity contribution < 1.29 is 0 Å². The molecular formula is C59H51N3. The second-order valence-corrected chi connectivity index (χ2v) is 16.3. The van der Waals surface area contributed by atoms with Gasteiger partial charge in [-0.1, -0.05) is 127 Å². The number of nitrogens with zero attached hydrogens (tertiary/aromatic N) is 3. The average Bonchev–Trinajstić information content (AvgIpc) is 3.30. The molecule has 0 amide bonds. The van der Waals surface area contributed by atoms with Gasteiger partial charge in [-0.2, -0.15) is 0 Å². The SMILES string of the molecule is Cc1ccc(-c2ccc(N(c3ccc(-c4ccc(N(c5ccc(-c6ccc(N(C)c7cccc(C)c7)cc6)cc5)c5cccc(C)c5)cc4)cc3)c3cccc(C)c3)cc2)cc1. The van der Waals surface area contributed by atoms with Crippen LogP contribution in [0.5, 0.6) is 0 Å². The summed E-state index contributed by atoms with van der Waals surface area (Å²) in [7, 11) is 2.12. The lowest BCUT2D eigenvalue weighted by atomic mass is 10.0. The van der Waals surface area contributed by atoms with Gasteiger partial charge >= 0.3 is 0 Å². The molecule has 0 atom stereocenters. The zero-order chi connectivity index (χ0) is 42.6. The van der Waals surface area contributed by atoms with Crippen LogP contribution in [0.25, 0.3) is 33.4 Å². The molecule has 0 N–H and O–H groups in total. The lowest BCUT2D eigenvalue weighted by Gasteiger charge is -2.27. The Labute approximate surface area is 367 Å². The Morgan fingerprint density at radius 2 is 0.484 bits per heavy atom. The van der Waals surface area contributed by atoms with Crippen molar-refractivity contribution in [1.29, 1.82) is 0 Å². The molecule has 0 aromatic heterocycles. The van der Waals surface area contributed by atoms with Crippen molar-refractivity contribution >= 4 is 45.5 Å². The third kappa shape index (κ3) is 8.66. The number of hydrogen-bond donors (Lipinski definition) is 0. The van der Waals surface area contributed by atoms with Gasteiger partial charge in [0.15, 0.2) is 0 Å². The second kappa shape index (κ2) is 17.5. The number of anilines is 8. The van der Waals surface area contributed by atoms with Crippen LogP contribution in [-0.2, 0) is 0 Å². The van der Waals surface area contributed by atoms with Gasteiger partial charge in [-0.05, 0) is 175 Å². The van der Waals surface area contributed by atoms with Crippen LogP contribution in [0.4, 0.5) is 45.5 Å². The molecule has 0 saturated carbocycles. The first-order valence-electron chi connectivity index (χ1n) is 21.4. The van der Waals surface area contributed by atoms with Crippen molar-refractivity contribution in [2.45, 2.75) is 27.7 Å². The Morgan fingerprint density at radius 3 is 0.790 bits per heavy atom. The van der Waals surface area contributed by atoms with E-state index in [2.05, 4.69) is 268 Å². The molecule has 9 aromatic rings. The molecular weight excluding hydrogens is 751 g/mol. The summed E-state index contributed by atoms with van der Waals surface area (Å²) in [4.78, 5) is 6.91. The maximum absolute atomic E-state index is 2.34. The van der Waals surface area contributed by atoms with Gasteiger partial charge in [-0.25, -0.2) is 0 Å². The van der Waals surface area contributed by atoms with Crippen LogP contribution in [0.15, 0.2) is 218 Å². The van der Waals surface area contributed by atoms with Crippen molar-refractivity contribution in [3.8, 4) is 33.4 Å². The second-order valence-electron chi connectivity index (χ2n) is 16.3. The summed E-state index contributed by atoms with van der Waals surface area (Å²) in [5, 5.41) is 0. The standard InChI is InChI=1S/C59H51N3/c1-42-15-17-46(18-16-42)48-21-31-53(32-22-48)61(58-13-7-10-44(3)40-58)55-35-25-50(26-36-55)51-27-37-56(38-28-51)62(59-14-8-11-45(4)41-59)54-33-23-49(24-34-54)47-19-29-52(30-20-47)60(5)57-12-6-9-43(2)39-57/h6-41H,1-5H3. The predicted molar refractivity (Wildman–Crippen MR) is 266 cm³/mol. The Kier molecular flexibility index (Phi) is 11.3. The largest absolute Gasteiger partial charge is 0.345 e. The Morgan fingerprint density at radius 1 is 0.226 bits per heavy atom. The van der Waals surface area contributed by atoms with Gasteiger partial charge in [0, 0.05) is 52.5 Å². The van der Waals surface area contributed by atoms with E-state index < -0.39 is 0 Å². The third-order valence-corrected chi connectivity index (χ3v) is 11.7. The van der Waals surface area contributed by atoms with E-state index in [0.29, 0.717) is 0 Å². The molecule has 302 valence electrons. The first-order chi connectivity index (χ1) is 30.3. The van der Waals surface area contributed by atoms with Crippen molar-refractivity contribution in [3.05, 3.63) is 241 Å². The van der Waals surface area contributed by atoms with Crippen molar-refractivity contribution in [1.82, 2.24) is 0 Å². The fourth-order valence-corrected chi connectivity index (χ4v) is 8.25. The lowest BCUT2D eigenvalue weighted by Crippen LogP contribution is -2.10. The minimum Gasteiger partial charge on any atom is -0.345 e. The molecule has 0 bridgehead atoms. The van der Waals surface area contributed by atoms with Gasteiger partial charge in [-0.3, -0.25) is 0 Å². The Hall–Kier alpha value is -7.62. The quantitative estimate of drug-likeness (QED) is 0.129. The molecule has 0 saturated heterocycles. The van der Waals surface area contributed by atoms with Crippen LogP contribution >= 0.6 is 0 Å². The molecule has 0 aliphatic carbocycles. The normalized spacial score (nSPS) is 11.0. The van der Waals surface area contributed by atoms with Gasteiger partial charge in [0.1, 0.15) is 0 Å². The summed E-state index contributed by atoms with van der Waals surface area (Å²) >= 11 is 0. The van der Waals surface area contributed by atoms with Gasteiger partial charge < -0.3 is 14.7 Å². The third-order valence-electron chi connectivity index (χ3n) is 11.7. The topological polar surface area (TPSA) is 9.72 Å². The Balaban J connectivity index is 0.970. The van der Waals surface area contributed by atoms with E-state index in [-0.39, 0.29) is 0 Å².